The second-order valence-corrected chi connectivity index (χ2v) is 4.95. The van der Waals surface area contributed by atoms with Gasteiger partial charge in [-0.25, -0.2) is 4.39 Å². The predicted octanol–water partition coefficient (Wildman–Crippen LogP) is 3.76. The number of hydrogen-bond donors (Lipinski definition) is 1. The van der Waals surface area contributed by atoms with E-state index in [-0.39, 0.29) is 11.9 Å². The standard InChI is InChI=1S/C17H20FNO/c1-11-5-6-13(10-16(11)20-4)17(19-3)15-8-7-14(18)9-12(15)2/h5-10,17,19H,1-4H3. The Kier molecular flexibility index (Phi) is 4.40. The zero-order valence-electron chi connectivity index (χ0n) is 12.3. The van der Waals surface area contributed by atoms with Gasteiger partial charge in [0.25, 0.3) is 0 Å². The molecule has 0 heterocycles. The SMILES string of the molecule is CNC(c1ccc(C)c(OC)c1)c1ccc(F)cc1C. The minimum absolute atomic E-state index is 0.0186. The molecule has 0 saturated carbocycles. The Morgan fingerprint density at radius 3 is 2.40 bits per heavy atom. The second-order valence-electron chi connectivity index (χ2n) is 4.95. The number of aryl methyl sites for hydroxylation is 2. The Hall–Kier alpha value is -1.87. The third kappa shape index (κ3) is 2.83. The van der Waals surface area contributed by atoms with Crippen LogP contribution in [-0.4, -0.2) is 14.2 Å². The van der Waals surface area contributed by atoms with Crippen LogP contribution in [0.15, 0.2) is 36.4 Å². The molecular formula is C17H20FNO. The minimum atomic E-state index is -0.206. The maximum absolute atomic E-state index is 13.2. The summed E-state index contributed by atoms with van der Waals surface area (Å²) in [7, 11) is 3.57. The van der Waals surface area contributed by atoms with Crippen LogP contribution in [0.4, 0.5) is 4.39 Å². The molecule has 0 amide bonds. The van der Waals surface area contributed by atoms with Gasteiger partial charge in [0, 0.05) is 0 Å². The van der Waals surface area contributed by atoms with Crippen LogP contribution in [0.5, 0.6) is 5.75 Å². The van der Waals surface area contributed by atoms with Gasteiger partial charge in [-0.3, -0.25) is 0 Å². The highest BCUT2D eigenvalue weighted by atomic mass is 19.1. The first kappa shape index (κ1) is 14.5. The monoisotopic (exact) mass is 273 g/mol. The molecule has 2 nitrogen and oxygen atoms in total. The average molecular weight is 273 g/mol. The normalized spacial score (nSPS) is 12.2. The van der Waals surface area contributed by atoms with Crippen molar-refractivity contribution in [1.82, 2.24) is 5.32 Å². The minimum Gasteiger partial charge on any atom is -0.496 e. The van der Waals surface area contributed by atoms with Crippen molar-refractivity contribution in [2.45, 2.75) is 19.9 Å². The van der Waals surface area contributed by atoms with Gasteiger partial charge >= 0.3 is 0 Å². The molecule has 1 unspecified atom stereocenters. The van der Waals surface area contributed by atoms with E-state index < -0.39 is 0 Å². The third-order valence-corrected chi connectivity index (χ3v) is 3.60. The quantitative estimate of drug-likeness (QED) is 0.915. The Labute approximate surface area is 119 Å². The molecule has 2 rings (SSSR count). The molecule has 0 saturated heterocycles. The zero-order valence-corrected chi connectivity index (χ0v) is 12.3. The summed E-state index contributed by atoms with van der Waals surface area (Å²) < 4.78 is 18.6. The maximum atomic E-state index is 13.2. The number of nitrogens with one attached hydrogen (secondary N) is 1. The maximum Gasteiger partial charge on any atom is 0.123 e. The highest BCUT2D eigenvalue weighted by Crippen LogP contribution is 2.29. The lowest BCUT2D eigenvalue weighted by Crippen LogP contribution is -2.19. The predicted molar refractivity (Wildman–Crippen MR) is 79.8 cm³/mol. The highest BCUT2D eigenvalue weighted by Gasteiger charge is 2.16. The van der Waals surface area contributed by atoms with Gasteiger partial charge in [0.2, 0.25) is 0 Å². The van der Waals surface area contributed by atoms with E-state index in [0.717, 1.165) is 28.0 Å². The molecule has 0 aliphatic carbocycles. The van der Waals surface area contributed by atoms with Crippen LogP contribution in [0.2, 0.25) is 0 Å². The smallest absolute Gasteiger partial charge is 0.123 e. The molecule has 0 aliphatic heterocycles. The molecule has 1 N–H and O–H groups in total. The van der Waals surface area contributed by atoms with Crippen molar-refractivity contribution in [2.75, 3.05) is 14.2 Å². The molecule has 3 heteroatoms. The Morgan fingerprint density at radius 2 is 1.80 bits per heavy atom. The van der Waals surface area contributed by atoms with Crippen molar-refractivity contribution < 1.29 is 9.13 Å². The fourth-order valence-corrected chi connectivity index (χ4v) is 2.48. The first-order chi connectivity index (χ1) is 9.56. The number of methoxy groups -OCH3 is 1. The molecule has 0 bridgehead atoms. The fourth-order valence-electron chi connectivity index (χ4n) is 2.48. The van der Waals surface area contributed by atoms with Crippen molar-refractivity contribution in [1.29, 1.82) is 0 Å². The Balaban J connectivity index is 2.46. The first-order valence-electron chi connectivity index (χ1n) is 6.64. The van der Waals surface area contributed by atoms with E-state index in [0.29, 0.717) is 0 Å². The Morgan fingerprint density at radius 1 is 1.05 bits per heavy atom. The summed E-state index contributed by atoms with van der Waals surface area (Å²) in [6, 6.07) is 11.0. The summed E-state index contributed by atoms with van der Waals surface area (Å²) in [6.07, 6.45) is 0. The van der Waals surface area contributed by atoms with Crippen LogP contribution < -0.4 is 10.1 Å². The molecular weight excluding hydrogens is 253 g/mol. The largest absolute Gasteiger partial charge is 0.496 e. The molecule has 2 aromatic rings. The van der Waals surface area contributed by atoms with Crippen molar-refractivity contribution in [3.05, 3.63) is 64.5 Å². The van der Waals surface area contributed by atoms with Crippen molar-refractivity contribution in [2.24, 2.45) is 0 Å². The molecule has 0 fully saturated rings. The number of benzene rings is 2. The Bertz CT molecular complexity index is 610. The summed E-state index contributed by atoms with van der Waals surface area (Å²) in [5, 5.41) is 3.29. The molecule has 1 atom stereocenters. The number of ether oxygens (including phenoxy) is 1. The van der Waals surface area contributed by atoms with Crippen LogP contribution in [0.25, 0.3) is 0 Å². The first-order valence-corrected chi connectivity index (χ1v) is 6.64. The highest BCUT2D eigenvalue weighted by molar-refractivity contribution is 5.43. The van der Waals surface area contributed by atoms with Gasteiger partial charge in [0.15, 0.2) is 0 Å². The van der Waals surface area contributed by atoms with Crippen LogP contribution >= 0.6 is 0 Å². The number of halogens is 1. The van der Waals surface area contributed by atoms with Gasteiger partial charge in [-0.2, -0.15) is 0 Å². The zero-order chi connectivity index (χ0) is 14.7. The average Bonchev–Trinajstić information content (AvgIpc) is 2.43. The van der Waals surface area contributed by atoms with Gasteiger partial charge in [0.05, 0.1) is 13.2 Å². The molecule has 20 heavy (non-hydrogen) atoms. The van der Waals surface area contributed by atoms with E-state index in [4.69, 9.17) is 4.74 Å². The van der Waals surface area contributed by atoms with Gasteiger partial charge in [-0.15, -0.1) is 0 Å². The molecule has 2 aromatic carbocycles. The van der Waals surface area contributed by atoms with E-state index in [9.17, 15) is 4.39 Å². The fraction of sp³-hybridized carbons (Fsp3) is 0.294. The summed E-state index contributed by atoms with van der Waals surface area (Å²) >= 11 is 0. The van der Waals surface area contributed by atoms with Crippen LogP contribution in [0.1, 0.15) is 28.3 Å². The van der Waals surface area contributed by atoms with E-state index >= 15 is 0 Å². The van der Waals surface area contributed by atoms with Gasteiger partial charge in [-0.1, -0.05) is 18.2 Å². The second kappa shape index (κ2) is 6.06. The molecule has 106 valence electrons. The van der Waals surface area contributed by atoms with Crippen molar-refractivity contribution in [3.63, 3.8) is 0 Å². The molecule has 0 aliphatic rings. The summed E-state index contributed by atoms with van der Waals surface area (Å²) in [6.45, 7) is 3.94. The third-order valence-electron chi connectivity index (χ3n) is 3.60. The van der Waals surface area contributed by atoms with Gasteiger partial charge in [0.1, 0.15) is 11.6 Å². The van der Waals surface area contributed by atoms with E-state index in [1.54, 1.807) is 13.2 Å². The van der Waals surface area contributed by atoms with Gasteiger partial charge < -0.3 is 10.1 Å². The number of rotatable bonds is 4. The molecule has 0 spiro atoms. The number of hydrogen-bond acceptors (Lipinski definition) is 2. The summed E-state index contributed by atoms with van der Waals surface area (Å²) in [5.41, 5.74) is 4.20. The van der Waals surface area contributed by atoms with Crippen LogP contribution in [0, 0.1) is 19.7 Å². The van der Waals surface area contributed by atoms with Crippen molar-refractivity contribution >= 4 is 0 Å². The van der Waals surface area contributed by atoms with Crippen LogP contribution in [-0.2, 0) is 0 Å². The van der Waals surface area contributed by atoms with Gasteiger partial charge in [-0.05, 0) is 61.3 Å². The lowest BCUT2D eigenvalue weighted by atomic mass is 9.94. The molecule has 0 radical (unpaired) electrons. The summed E-state index contributed by atoms with van der Waals surface area (Å²) in [5.74, 6) is 0.658. The van der Waals surface area contributed by atoms with E-state index in [2.05, 4.69) is 11.4 Å². The van der Waals surface area contributed by atoms with Crippen molar-refractivity contribution in [3.8, 4) is 5.75 Å². The van der Waals surface area contributed by atoms with Crippen LogP contribution in [0.3, 0.4) is 0 Å². The lowest BCUT2D eigenvalue weighted by molar-refractivity contribution is 0.410. The summed E-state index contributed by atoms with van der Waals surface area (Å²) in [4.78, 5) is 0. The van der Waals surface area contributed by atoms with E-state index in [1.165, 1.54) is 6.07 Å². The lowest BCUT2D eigenvalue weighted by Gasteiger charge is -2.20. The van der Waals surface area contributed by atoms with E-state index in [1.807, 2.05) is 39.1 Å². The molecule has 0 aromatic heterocycles. The topological polar surface area (TPSA) is 21.3 Å².